The van der Waals surface area contributed by atoms with Gasteiger partial charge >= 0.3 is 12.1 Å². The van der Waals surface area contributed by atoms with Gasteiger partial charge in [0, 0.05) is 26.0 Å². The smallest absolute Gasteiger partial charge is 0.407 e. The first-order valence-corrected chi connectivity index (χ1v) is 12.3. The van der Waals surface area contributed by atoms with E-state index < -0.39 is 18.1 Å². The van der Waals surface area contributed by atoms with E-state index in [-0.39, 0.29) is 37.8 Å². The fraction of sp³-hybridized carbons (Fsp3) is 0.444. The minimum Gasteiger partial charge on any atom is -0.480 e. The molecule has 0 bridgehead atoms. The average Bonchev–Trinajstić information content (AvgIpc) is 3.22. The van der Waals surface area contributed by atoms with Gasteiger partial charge in [0.05, 0.1) is 33.0 Å². The lowest BCUT2D eigenvalue weighted by Crippen LogP contribution is -2.42. The summed E-state index contributed by atoms with van der Waals surface area (Å²) in [6.45, 7) is 2.50. The number of carbonyl (C=O) groups excluding carboxylic acids is 2. The van der Waals surface area contributed by atoms with Crippen LogP contribution in [0, 0.1) is 0 Å². The van der Waals surface area contributed by atoms with Crippen molar-refractivity contribution in [3.05, 3.63) is 59.7 Å². The summed E-state index contributed by atoms with van der Waals surface area (Å²) >= 11 is 0. The SMILES string of the molecule is COCCOCCOCCNC(=O)CC[C@H](NC(=O)OCC1c2ccccc2-c2ccccc21)C(=O)O. The van der Waals surface area contributed by atoms with Gasteiger partial charge in [0.15, 0.2) is 0 Å². The van der Waals surface area contributed by atoms with Crippen LogP contribution < -0.4 is 10.6 Å². The van der Waals surface area contributed by atoms with Crippen molar-refractivity contribution in [2.45, 2.75) is 24.8 Å². The molecular weight excluding hydrogens is 480 g/mol. The molecule has 3 rings (SSSR count). The van der Waals surface area contributed by atoms with Crippen LogP contribution in [0.15, 0.2) is 48.5 Å². The standard InChI is InChI=1S/C27H34N2O8/c1-34-14-15-36-17-16-35-13-12-28-25(30)11-10-24(26(31)32)29-27(33)37-18-23-21-8-4-2-6-19(21)20-7-3-5-9-22(20)23/h2-9,23-24H,10-18H2,1H3,(H,28,30)(H,29,33)(H,31,32)/t24-/m0/s1. The Morgan fingerprint density at radius 2 is 1.49 bits per heavy atom. The summed E-state index contributed by atoms with van der Waals surface area (Å²) in [6.07, 6.45) is -0.976. The van der Waals surface area contributed by atoms with Gasteiger partial charge in [0.2, 0.25) is 5.91 Å². The Labute approximate surface area is 216 Å². The van der Waals surface area contributed by atoms with Crippen molar-refractivity contribution in [3.8, 4) is 11.1 Å². The molecule has 10 heteroatoms. The van der Waals surface area contributed by atoms with Crippen LogP contribution in [0.1, 0.15) is 29.9 Å². The van der Waals surface area contributed by atoms with E-state index >= 15 is 0 Å². The highest BCUT2D eigenvalue weighted by molar-refractivity contribution is 5.82. The Morgan fingerprint density at radius 1 is 0.892 bits per heavy atom. The molecule has 0 spiro atoms. The number of rotatable bonds is 16. The molecular formula is C27H34N2O8. The molecule has 3 N–H and O–H groups in total. The topological polar surface area (TPSA) is 132 Å². The Kier molecular flexibility index (Phi) is 11.3. The number of carboxylic acid groups (broad SMARTS) is 1. The van der Waals surface area contributed by atoms with Crippen LogP contribution in [0.4, 0.5) is 4.79 Å². The summed E-state index contributed by atoms with van der Waals surface area (Å²) in [7, 11) is 1.60. The van der Waals surface area contributed by atoms with Crippen molar-refractivity contribution >= 4 is 18.0 Å². The number of alkyl carbamates (subject to hydrolysis) is 1. The summed E-state index contributed by atoms with van der Waals surface area (Å²) in [4.78, 5) is 36.1. The molecule has 37 heavy (non-hydrogen) atoms. The van der Waals surface area contributed by atoms with Crippen LogP contribution in [0.3, 0.4) is 0 Å². The number of hydrogen-bond donors (Lipinski definition) is 3. The number of amides is 2. The minimum absolute atomic E-state index is 0.0687. The molecule has 1 aliphatic rings. The molecule has 2 amide bonds. The number of methoxy groups -OCH3 is 1. The zero-order valence-electron chi connectivity index (χ0n) is 20.9. The van der Waals surface area contributed by atoms with E-state index in [4.69, 9.17) is 18.9 Å². The highest BCUT2D eigenvalue weighted by Gasteiger charge is 2.29. The molecule has 0 saturated heterocycles. The highest BCUT2D eigenvalue weighted by atomic mass is 16.6. The maximum absolute atomic E-state index is 12.4. The summed E-state index contributed by atoms with van der Waals surface area (Å²) in [5.74, 6) is -1.70. The maximum Gasteiger partial charge on any atom is 0.407 e. The summed E-state index contributed by atoms with van der Waals surface area (Å²) in [6, 6.07) is 14.6. The normalized spacial score (nSPS) is 12.9. The predicted octanol–water partition coefficient (Wildman–Crippen LogP) is 2.55. The Hall–Kier alpha value is -3.47. The number of aliphatic carboxylic acids is 1. The largest absolute Gasteiger partial charge is 0.480 e. The van der Waals surface area contributed by atoms with Crippen molar-refractivity contribution < 1.29 is 38.4 Å². The van der Waals surface area contributed by atoms with Crippen molar-refractivity contribution in [1.82, 2.24) is 10.6 Å². The van der Waals surface area contributed by atoms with Crippen LogP contribution >= 0.6 is 0 Å². The average molecular weight is 515 g/mol. The second kappa shape index (κ2) is 14.9. The molecule has 0 radical (unpaired) electrons. The fourth-order valence-corrected chi connectivity index (χ4v) is 4.13. The van der Waals surface area contributed by atoms with Gasteiger partial charge in [-0.25, -0.2) is 9.59 Å². The van der Waals surface area contributed by atoms with Crippen molar-refractivity contribution in [3.63, 3.8) is 0 Å². The second-order valence-electron chi connectivity index (χ2n) is 8.47. The summed E-state index contributed by atoms with van der Waals surface area (Å²) in [5.41, 5.74) is 4.32. The quantitative estimate of drug-likeness (QED) is 0.291. The fourth-order valence-electron chi connectivity index (χ4n) is 4.13. The van der Waals surface area contributed by atoms with E-state index in [1.54, 1.807) is 7.11 Å². The van der Waals surface area contributed by atoms with Gasteiger partial charge in [0.1, 0.15) is 12.6 Å². The molecule has 1 atom stereocenters. The molecule has 200 valence electrons. The summed E-state index contributed by atoms with van der Waals surface area (Å²) < 4.78 is 20.9. The number of nitrogens with one attached hydrogen (secondary N) is 2. The first kappa shape index (κ1) is 28.1. The molecule has 0 aromatic heterocycles. The number of carbonyl (C=O) groups is 3. The zero-order chi connectivity index (χ0) is 26.5. The number of benzene rings is 2. The molecule has 0 unspecified atom stereocenters. The summed E-state index contributed by atoms with van der Waals surface area (Å²) in [5, 5.41) is 14.5. The van der Waals surface area contributed by atoms with Gasteiger partial charge in [-0.15, -0.1) is 0 Å². The van der Waals surface area contributed by atoms with E-state index in [9.17, 15) is 19.5 Å². The van der Waals surface area contributed by atoms with Crippen molar-refractivity contribution in [2.75, 3.05) is 53.3 Å². The third-order valence-corrected chi connectivity index (χ3v) is 5.97. The van der Waals surface area contributed by atoms with E-state index in [0.717, 1.165) is 22.3 Å². The van der Waals surface area contributed by atoms with Crippen LogP contribution in [-0.4, -0.2) is 82.4 Å². The minimum atomic E-state index is -1.25. The van der Waals surface area contributed by atoms with Crippen molar-refractivity contribution in [2.24, 2.45) is 0 Å². The molecule has 2 aromatic rings. The molecule has 0 heterocycles. The number of hydrogen-bond acceptors (Lipinski definition) is 7. The lowest BCUT2D eigenvalue weighted by Gasteiger charge is -2.17. The number of carboxylic acids is 1. The van der Waals surface area contributed by atoms with Crippen molar-refractivity contribution in [1.29, 1.82) is 0 Å². The number of fused-ring (bicyclic) bond motifs is 3. The van der Waals surface area contributed by atoms with Gasteiger partial charge in [-0.3, -0.25) is 4.79 Å². The van der Waals surface area contributed by atoms with E-state index in [1.165, 1.54) is 0 Å². The van der Waals surface area contributed by atoms with Crippen LogP contribution in [-0.2, 0) is 28.5 Å². The Morgan fingerprint density at radius 3 is 2.11 bits per heavy atom. The predicted molar refractivity (Wildman–Crippen MR) is 135 cm³/mol. The van der Waals surface area contributed by atoms with Gasteiger partial charge in [0.25, 0.3) is 0 Å². The third kappa shape index (κ3) is 8.56. The van der Waals surface area contributed by atoms with Gasteiger partial charge in [-0.1, -0.05) is 48.5 Å². The Balaban J connectivity index is 1.37. The highest BCUT2D eigenvalue weighted by Crippen LogP contribution is 2.44. The van der Waals surface area contributed by atoms with E-state index in [1.807, 2.05) is 48.5 Å². The molecule has 0 aliphatic heterocycles. The first-order valence-electron chi connectivity index (χ1n) is 12.3. The van der Waals surface area contributed by atoms with Crippen LogP contribution in [0.5, 0.6) is 0 Å². The van der Waals surface area contributed by atoms with E-state index in [0.29, 0.717) is 33.0 Å². The maximum atomic E-state index is 12.4. The second-order valence-corrected chi connectivity index (χ2v) is 8.47. The van der Waals surface area contributed by atoms with Gasteiger partial charge in [-0.2, -0.15) is 0 Å². The van der Waals surface area contributed by atoms with Crippen LogP contribution in [0.2, 0.25) is 0 Å². The zero-order valence-corrected chi connectivity index (χ0v) is 20.9. The monoisotopic (exact) mass is 514 g/mol. The molecule has 10 nitrogen and oxygen atoms in total. The first-order chi connectivity index (χ1) is 18.0. The lowest BCUT2D eigenvalue weighted by atomic mass is 9.98. The number of ether oxygens (including phenoxy) is 4. The Bertz CT molecular complexity index is 999. The molecule has 1 aliphatic carbocycles. The van der Waals surface area contributed by atoms with E-state index in [2.05, 4.69) is 10.6 Å². The van der Waals surface area contributed by atoms with Crippen LogP contribution in [0.25, 0.3) is 11.1 Å². The molecule has 2 aromatic carbocycles. The van der Waals surface area contributed by atoms with Gasteiger partial charge < -0.3 is 34.7 Å². The lowest BCUT2D eigenvalue weighted by molar-refractivity contribution is -0.139. The third-order valence-electron chi connectivity index (χ3n) is 5.97. The molecule has 0 saturated carbocycles. The molecule has 0 fully saturated rings. The van der Waals surface area contributed by atoms with Gasteiger partial charge in [-0.05, 0) is 28.7 Å².